The Kier molecular flexibility index (Phi) is 7.54. The molecule has 0 amide bonds. The average molecular weight is 752 g/mol. The van der Waals surface area contributed by atoms with Crippen molar-refractivity contribution in [2.45, 2.75) is 0 Å². The predicted molar refractivity (Wildman–Crippen MR) is 248 cm³/mol. The standard InChI is InChI=1S/C56H37N3/c1-5-14-38(15-6-1)42-24-30-46(31-25-42)57(47-32-26-43(27-33-47)39-16-7-2-8-17-39)52-22-13-23-53-55(52)59-51-35-29-45(41-20-11-4-12-21-41)37-49(51)54-48-36-44(40-18-9-3-10-19-40)28-34-50(48)58(53)56(54)59/h1-37H. The molecule has 59 heavy (non-hydrogen) atoms. The van der Waals surface area contributed by atoms with Gasteiger partial charge in [0.05, 0.1) is 27.8 Å². The Morgan fingerprint density at radius 3 is 1.14 bits per heavy atom. The second-order valence-electron chi connectivity index (χ2n) is 15.4. The van der Waals surface area contributed by atoms with Crippen molar-refractivity contribution in [1.29, 1.82) is 0 Å². The summed E-state index contributed by atoms with van der Waals surface area (Å²) in [5.41, 5.74) is 18.9. The van der Waals surface area contributed by atoms with Crippen LogP contribution < -0.4 is 4.90 Å². The van der Waals surface area contributed by atoms with Crippen molar-refractivity contribution in [2.75, 3.05) is 4.90 Å². The summed E-state index contributed by atoms with van der Waals surface area (Å²) in [7, 11) is 0. The molecule has 0 N–H and O–H groups in total. The predicted octanol–water partition coefficient (Wildman–Crippen LogP) is 15.2. The Hall–Kier alpha value is -7.88. The summed E-state index contributed by atoms with van der Waals surface area (Å²) < 4.78 is 5.02. The van der Waals surface area contributed by atoms with Crippen LogP contribution in [0.25, 0.3) is 88.4 Å². The smallest absolute Gasteiger partial charge is 0.131 e. The zero-order valence-electron chi connectivity index (χ0n) is 32.2. The summed E-state index contributed by atoms with van der Waals surface area (Å²) in [5.74, 6) is 0. The fourth-order valence-electron chi connectivity index (χ4n) is 9.29. The molecule has 0 spiro atoms. The number of benzene rings is 9. The molecule has 0 atom stereocenters. The van der Waals surface area contributed by atoms with Crippen LogP contribution in [0.15, 0.2) is 224 Å². The Morgan fingerprint density at radius 2 is 0.678 bits per heavy atom. The van der Waals surface area contributed by atoms with Crippen LogP contribution >= 0.6 is 0 Å². The topological polar surface area (TPSA) is 12.1 Å². The van der Waals surface area contributed by atoms with Gasteiger partial charge in [-0.1, -0.05) is 164 Å². The van der Waals surface area contributed by atoms with Crippen LogP contribution in [0.4, 0.5) is 17.1 Å². The van der Waals surface area contributed by atoms with Gasteiger partial charge in [-0.25, -0.2) is 0 Å². The Labute approximate surface area is 342 Å². The molecule has 3 heteroatoms. The van der Waals surface area contributed by atoms with Gasteiger partial charge in [0.15, 0.2) is 0 Å². The Bertz CT molecular complexity index is 3360. The number of nitrogens with zero attached hydrogens (tertiary/aromatic N) is 3. The van der Waals surface area contributed by atoms with Crippen LogP contribution in [0.1, 0.15) is 0 Å². The van der Waals surface area contributed by atoms with E-state index in [-0.39, 0.29) is 0 Å². The largest absolute Gasteiger partial charge is 0.308 e. The number of fused-ring (bicyclic) bond motifs is 9. The van der Waals surface area contributed by atoms with Crippen molar-refractivity contribution in [3.63, 3.8) is 0 Å². The summed E-state index contributed by atoms with van der Waals surface area (Å²) >= 11 is 0. The molecule has 276 valence electrons. The van der Waals surface area contributed by atoms with E-state index in [1.54, 1.807) is 0 Å². The first-order valence-corrected chi connectivity index (χ1v) is 20.3. The van der Waals surface area contributed by atoms with Crippen LogP contribution in [-0.2, 0) is 0 Å². The van der Waals surface area contributed by atoms with Gasteiger partial charge in [-0.15, -0.1) is 0 Å². The summed E-state index contributed by atoms with van der Waals surface area (Å²) in [6.07, 6.45) is 0. The highest BCUT2D eigenvalue weighted by Gasteiger charge is 2.27. The third-order valence-corrected chi connectivity index (χ3v) is 12.0. The van der Waals surface area contributed by atoms with Crippen LogP contribution in [-0.4, -0.2) is 8.80 Å². The third-order valence-electron chi connectivity index (χ3n) is 12.0. The molecule has 9 aromatic carbocycles. The van der Waals surface area contributed by atoms with Crippen LogP contribution in [0.5, 0.6) is 0 Å². The molecular weight excluding hydrogens is 715 g/mol. The van der Waals surface area contributed by atoms with Crippen molar-refractivity contribution < 1.29 is 0 Å². The third kappa shape index (κ3) is 5.29. The number of hydrogen-bond acceptors (Lipinski definition) is 1. The first-order valence-electron chi connectivity index (χ1n) is 20.3. The number of rotatable bonds is 7. The van der Waals surface area contributed by atoms with E-state index in [0.29, 0.717) is 0 Å². The maximum Gasteiger partial charge on any atom is 0.131 e. The van der Waals surface area contributed by atoms with Gasteiger partial charge in [0.2, 0.25) is 0 Å². The Morgan fingerprint density at radius 1 is 0.288 bits per heavy atom. The van der Waals surface area contributed by atoms with Crippen LogP contribution in [0.3, 0.4) is 0 Å². The average Bonchev–Trinajstić information content (AvgIpc) is 3.95. The molecule has 0 saturated heterocycles. The van der Waals surface area contributed by atoms with E-state index in [9.17, 15) is 0 Å². The lowest BCUT2D eigenvalue weighted by Gasteiger charge is -2.27. The monoisotopic (exact) mass is 751 g/mol. The molecule has 12 rings (SSSR count). The molecule has 0 bridgehead atoms. The molecular formula is C56H37N3. The first-order chi connectivity index (χ1) is 29.3. The molecule has 3 aromatic heterocycles. The fourth-order valence-corrected chi connectivity index (χ4v) is 9.29. The van der Waals surface area contributed by atoms with Crippen LogP contribution in [0.2, 0.25) is 0 Å². The lowest BCUT2D eigenvalue weighted by atomic mass is 10.0. The van der Waals surface area contributed by atoms with Gasteiger partial charge in [0.25, 0.3) is 0 Å². The molecule has 3 nitrogen and oxygen atoms in total. The van der Waals surface area contributed by atoms with Crippen LogP contribution in [0, 0.1) is 0 Å². The molecule has 0 aliphatic rings. The molecule has 0 fully saturated rings. The van der Waals surface area contributed by atoms with Crippen molar-refractivity contribution in [1.82, 2.24) is 8.80 Å². The molecule has 3 heterocycles. The van der Waals surface area contributed by atoms with E-state index in [2.05, 4.69) is 238 Å². The number of para-hydroxylation sites is 1. The van der Waals surface area contributed by atoms with Gasteiger partial charge in [-0.3, -0.25) is 8.80 Å². The fraction of sp³-hybridized carbons (Fsp3) is 0. The number of imidazole rings is 1. The minimum atomic E-state index is 1.10. The van der Waals surface area contributed by atoms with E-state index in [1.807, 2.05) is 0 Å². The summed E-state index contributed by atoms with van der Waals surface area (Å²) in [6, 6.07) is 81.5. The van der Waals surface area contributed by atoms with Gasteiger partial charge >= 0.3 is 0 Å². The highest BCUT2D eigenvalue weighted by Crippen LogP contribution is 2.47. The van der Waals surface area contributed by atoms with Gasteiger partial charge in [0.1, 0.15) is 5.65 Å². The quantitative estimate of drug-likeness (QED) is 0.158. The van der Waals surface area contributed by atoms with Gasteiger partial charge in [-0.05, 0) is 105 Å². The molecule has 0 aliphatic heterocycles. The summed E-state index contributed by atoms with van der Waals surface area (Å²) in [5, 5.41) is 3.79. The van der Waals surface area contributed by atoms with Crippen molar-refractivity contribution in [3.05, 3.63) is 224 Å². The van der Waals surface area contributed by atoms with E-state index in [4.69, 9.17) is 0 Å². The molecule has 0 radical (unpaired) electrons. The maximum atomic E-state index is 2.52. The SMILES string of the molecule is c1ccc(-c2ccc(N(c3ccc(-c4ccccc4)cc3)c3cccc4c3n3c5ccc(-c6ccccc6)cc5c5c6cc(-c7ccccc7)ccc6n4c53)cc2)cc1. The van der Waals surface area contributed by atoms with Crippen molar-refractivity contribution >= 4 is 60.9 Å². The van der Waals surface area contributed by atoms with E-state index >= 15 is 0 Å². The lowest BCUT2D eigenvalue weighted by Crippen LogP contribution is -2.11. The normalized spacial score (nSPS) is 11.7. The summed E-state index contributed by atoms with van der Waals surface area (Å²) in [6.45, 7) is 0. The van der Waals surface area contributed by atoms with E-state index in [0.717, 1.165) is 17.1 Å². The lowest BCUT2D eigenvalue weighted by molar-refractivity contribution is 1.26. The molecule has 0 unspecified atom stereocenters. The zero-order chi connectivity index (χ0) is 38.9. The maximum absolute atomic E-state index is 2.52. The number of aromatic nitrogens is 2. The minimum Gasteiger partial charge on any atom is -0.308 e. The second-order valence-corrected chi connectivity index (χ2v) is 15.4. The van der Waals surface area contributed by atoms with E-state index in [1.165, 1.54) is 88.4 Å². The highest BCUT2D eigenvalue weighted by molar-refractivity contribution is 6.25. The second kappa shape index (κ2) is 13.4. The minimum absolute atomic E-state index is 1.10. The Balaban J connectivity index is 1.14. The molecule has 12 aromatic rings. The summed E-state index contributed by atoms with van der Waals surface area (Å²) in [4.78, 5) is 2.43. The van der Waals surface area contributed by atoms with Gasteiger partial charge in [-0.2, -0.15) is 0 Å². The highest BCUT2D eigenvalue weighted by atomic mass is 15.2. The molecule has 0 aliphatic carbocycles. The molecule has 0 saturated carbocycles. The number of hydrogen-bond donors (Lipinski definition) is 0. The number of anilines is 3. The van der Waals surface area contributed by atoms with Crippen molar-refractivity contribution in [3.8, 4) is 44.5 Å². The van der Waals surface area contributed by atoms with E-state index < -0.39 is 0 Å². The van der Waals surface area contributed by atoms with Gasteiger partial charge < -0.3 is 4.90 Å². The zero-order valence-corrected chi connectivity index (χ0v) is 32.2. The van der Waals surface area contributed by atoms with Gasteiger partial charge in [0, 0.05) is 27.5 Å². The first kappa shape index (κ1) is 33.3. The van der Waals surface area contributed by atoms with Crippen molar-refractivity contribution in [2.24, 2.45) is 0 Å².